The van der Waals surface area contributed by atoms with Gasteiger partial charge in [-0.1, -0.05) is 43.1 Å². The van der Waals surface area contributed by atoms with Crippen molar-refractivity contribution in [2.75, 3.05) is 11.9 Å². The number of nitrogens with zero attached hydrogens (tertiary/aromatic N) is 3. The number of rotatable bonds is 6. The second-order valence-corrected chi connectivity index (χ2v) is 6.86. The molecule has 0 radical (unpaired) electrons. The van der Waals surface area contributed by atoms with Gasteiger partial charge in [-0.15, -0.1) is 0 Å². The predicted molar refractivity (Wildman–Crippen MR) is 99.7 cm³/mol. The molecular weight excluding hydrogens is 336 g/mol. The van der Waals surface area contributed by atoms with Gasteiger partial charge in [0.25, 0.3) is 0 Å². The third-order valence-electron chi connectivity index (χ3n) is 4.38. The number of carbonyl (C=O) groups is 1. The van der Waals surface area contributed by atoms with Crippen LogP contribution in [0, 0.1) is 6.92 Å². The van der Waals surface area contributed by atoms with Crippen LogP contribution in [0.15, 0.2) is 30.5 Å². The fraction of sp³-hybridized carbons (Fsp3) is 0.421. The molecule has 1 amide bonds. The summed E-state index contributed by atoms with van der Waals surface area (Å²) in [4.78, 5) is 23.0. The lowest BCUT2D eigenvalue weighted by molar-refractivity contribution is -0.128. The van der Waals surface area contributed by atoms with E-state index in [-0.39, 0.29) is 11.9 Å². The van der Waals surface area contributed by atoms with Crippen LogP contribution in [0.25, 0.3) is 0 Å². The predicted octanol–water partition coefficient (Wildman–Crippen LogP) is 3.60. The number of aryl methyl sites for hydroxylation is 2. The molecule has 1 aliphatic rings. The van der Waals surface area contributed by atoms with Crippen LogP contribution in [0.1, 0.15) is 36.7 Å². The number of nitrogens with one attached hydrogen (secondary N) is 1. The van der Waals surface area contributed by atoms with Crippen LogP contribution in [0.3, 0.4) is 0 Å². The third-order valence-corrected chi connectivity index (χ3v) is 4.75. The molecule has 1 saturated heterocycles. The molecular formula is C19H23ClN4O. The molecule has 1 aliphatic heterocycles. The van der Waals surface area contributed by atoms with Crippen molar-refractivity contribution >= 4 is 23.3 Å². The molecule has 1 aromatic heterocycles. The van der Waals surface area contributed by atoms with Crippen LogP contribution in [0.2, 0.25) is 5.02 Å². The van der Waals surface area contributed by atoms with E-state index < -0.39 is 0 Å². The first-order chi connectivity index (χ1) is 12.1. The van der Waals surface area contributed by atoms with Crippen molar-refractivity contribution in [3.63, 3.8) is 0 Å². The normalized spacial score (nSPS) is 17.2. The van der Waals surface area contributed by atoms with Gasteiger partial charge in [-0.05, 0) is 25.0 Å². The number of aromatic nitrogens is 2. The molecule has 132 valence electrons. The minimum absolute atomic E-state index is 0.0555. The zero-order valence-electron chi connectivity index (χ0n) is 14.6. The van der Waals surface area contributed by atoms with E-state index in [1.807, 2.05) is 42.3 Å². The zero-order chi connectivity index (χ0) is 17.8. The highest BCUT2D eigenvalue weighted by molar-refractivity contribution is 6.31. The van der Waals surface area contributed by atoms with Gasteiger partial charge in [-0.2, -0.15) is 0 Å². The van der Waals surface area contributed by atoms with E-state index in [2.05, 4.69) is 22.2 Å². The molecule has 0 bridgehead atoms. The molecule has 2 heterocycles. The van der Waals surface area contributed by atoms with Gasteiger partial charge in [-0.3, -0.25) is 4.79 Å². The summed E-state index contributed by atoms with van der Waals surface area (Å²) in [5.74, 6) is 1.73. The number of likely N-dealkylation sites (tertiary alicyclic amines) is 1. The topological polar surface area (TPSA) is 58.1 Å². The van der Waals surface area contributed by atoms with Crippen molar-refractivity contribution in [1.82, 2.24) is 14.9 Å². The molecule has 1 aromatic carbocycles. The number of hydrogen-bond acceptors (Lipinski definition) is 4. The summed E-state index contributed by atoms with van der Waals surface area (Å²) in [7, 11) is 0. The Hall–Kier alpha value is -2.14. The minimum Gasteiger partial charge on any atom is -0.365 e. The van der Waals surface area contributed by atoms with E-state index >= 15 is 0 Å². The van der Waals surface area contributed by atoms with Crippen molar-refractivity contribution < 1.29 is 4.79 Å². The quantitative estimate of drug-likeness (QED) is 0.857. The molecule has 1 fully saturated rings. The Bertz CT molecular complexity index is 765. The lowest BCUT2D eigenvalue weighted by Crippen LogP contribution is -2.28. The Kier molecular flexibility index (Phi) is 5.53. The van der Waals surface area contributed by atoms with Gasteiger partial charge in [0, 0.05) is 36.3 Å². The maximum atomic E-state index is 12.4. The Morgan fingerprint density at radius 1 is 1.32 bits per heavy atom. The van der Waals surface area contributed by atoms with Gasteiger partial charge in [0.15, 0.2) is 0 Å². The van der Waals surface area contributed by atoms with E-state index in [0.717, 1.165) is 35.6 Å². The lowest BCUT2D eigenvalue weighted by Gasteiger charge is -2.19. The molecule has 25 heavy (non-hydrogen) atoms. The Balaban J connectivity index is 1.69. The molecule has 0 unspecified atom stereocenters. The Morgan fingerprint density at radius 3 is 2.88 bits per heavy atom. The van der Waals surface area contributed by atoms with Crippen molar-refractivity contribution in [1.29, 1.82) is 0 Å². The summed E-state index contributed by atoms with van der Waals surface area (Å²) in [5, 5.41) is 4.15. The number of anilines is 1. The number of halogens is 1. The van der Waals surface area contributed by atoms with E-state index in [9.17, 15) is 4.79 Å². The van der Waals surface area contributed by atoms with E-state index in [1.165, 1.54) is 0 Å². The summed E-state index contributed by atoms with van der Waals surface area (Å²) >= 11 is 6.22. The standard InChI is InChI=1S/C19H23ClN4O/c1-3-6-14-10-21-13(2)22-19(14)23-16-9-18(25)24(12-16)11-15-7-4-5-8-17(15)20/h4-5,7-8,10,16H,3,6,9,11-12H2,1-2H3,(H,21,22,23)/t16-/m1/s1. The first kappa shape index (κ1) is 17.7. The second-order valence-electron chi connectivity index (χ2n) is 6.45. The van der Waals surface area contributed by atoms with E-state index in [0.29, 0.717) is 24.5 Å². The molecule has 1 atom stereocenters. The third kappa shape index (κ3) is 4.28. The molecule has 2 aromatic rings. The Morgan fingerprint density at radius 2 is 2.12 bits per heavy atom. The zero-order valence-corrected chi connectivity index (χ0v) is 15.4. The van der Waals surface area contributed by atoms with Crippen molar-refractivity contribution in [2.45, 2.75) is 45.7 Å². The maximum absolute atomic E-state index is 12.4. The summed E-state index contributed by atoms with van der Waals surface area (Å²) < 4.78 is 0. The van der Waals surface area contributed by atoms with Crippen molar-refractivity contribution in [3.8, 4) is 0 Å². The van der Waals surface area contributed by atoms with Gasteiger partial charge < -0.3 is 10.2 Å². The highest BCUT2D eigenvalue weighted by Crippen LogP contribution is 2.23. The summed E-state index contributed by atoms with van der Waals surface area (Å²) in [6.45, 7) is 5.21. The lowest BCUT2D eigenvalue weighted by atomic mass is 10.1. The average Bonchev–Trinajstić information content (AvgIpc) is 2.92. The van der Waals surface area contributed by atoms with E-state index in [4.69, 9.17) is 11.6 Å². The molecule has 0 spiro atoms. The van der Waals surface area contributed by atoms with Gasteiger partial charge in [-0.25, -0.2) is 9.97 Å². The molecule has 5 nitrogen and oxygen atoms in total. The van der Waals surface area contributed by atoms with E-state index in [1.54, 1.807) is 0 Å². The smallest absolute Gasteiger partial charge is 0.225 e. The van der Waals surface area contributed by atoms with Crippen LogP contribution in [0.4, 0.5) is 5.82 Å². The number of amides is 1. The summed E-state index contributed by atoms with van der Waals surface area (Å²) in [5.41, 5.74) is 2.08. The minimum atomic E-state index is 0.0555. The van der Waals surface area contributed by atoms with Crippen molar-refractivity contribution in [2.24, 2.45) is 0 Å². The molecule has 0 saturated carbocycles. The monoisotopic (exact) mass is 358 g/mol. The second kappa shape index (κ2) is 7.83. The largest absolute Gasteiger partial charge is 0.365 e. The maximum Gasteiger partial charge on any atom is 0.225 e. The highest BCUT2D eigenvalue weighted by atomic mass is 35.5. The van der Waals surface area contributed by atoms with Crippen LogP contribution in [-0.4, -0.2) is 33.4 Å². The molecule has 6 heteroatoms. The number of hydrogen-bond donors (Lipinski definition) is 1. The summed E-state index contributed by atoms with van der Waals surface area (Å²) in [6, 6.07) is 7.71. The molecule has 0 aliphatic carbocycles. The van der Waals surface area contributed by atoms with Crippen LogP contribution >= 0.6 is 11.6 Å². The summed E-state index contributed by atoms with van der Waals surface area (Å²) in [6.07, 6.45) is 4.31. The first-order valence-corrected chi connectivity index (χ1v) is 9.05. The Labute approximate surface area is 153 Å². The average molecular weight is 359 g/mol. The van der Waals surface area contributed by atoms with Crippen LogP contribution < -0.4 is 5.32 Å². The highest BCUT2D eigenvalue weighted by Gasteiger charge is 2.30. The fourth-order valence-electron chi connectivity index (χ4n) is 3.12. The van der Waals surface area contributed by atoms with Gasteiger partial charge in [0.2, 0.25) is 5.91 Å². The van der Waals surface area contributed by atoms with Crippen LogP contribution in [0.5, 0.6) is 0 Å². The van der Waals surface area contributed by atoms with Gasteiger partial charge in [0.1, 0.15) is 11.6 Å². The fourth-order valence-corrected chi connectivity index (χ4v) is 3.31. The molecule has 3 rings (SSSR count). The van der Waals surface area contributed by atoms with Crippen LogP contribution in [-0.2, 0) is 17.8 Å². The van der Waals surface area contributed by atoms with Gasteiger partial charge in [0.05, 0.1) is 6.04 Å². The first-order valence-electron chi connectivity index (χ1n) is 8.67. The van der Waals surface area contributed by atoms with Crippen molar-refractivity contribution in [3.05, 3.63) is 52.4 Å². The SMILES string of the molecule is CCCc1cnc(C)nc1N[C@@H]1CC(=O)N(Cc2ccccc2Cl)C1. The molecule has 1 N–H and O–H groups in total. The van der Waals surface area contributed by atoms with Gasteiger partial charge >= 0.3 is 0 Å². The number of carbonyl (C=O) groups excluding carboxylic acids is 1. The number of benzene rings is 1.